The van der Waals surface area contributed by atoms with Gasteiger partial charge in [-0.05, 0) is 43.0 Å². The standard InChI is InChI=1S/C13H21N3O2S/c14-8-11-2-1-3-13(11)16-12-6-4-10(5-7-12)9-19(15,17)18/h4-7,11,13,16H,1-3,8-9,14H2,(H2,15,17,18). The van der Waals surface area contributed by atoms with Crippen molar-refractivity contribution < 1.29 is 8.42 Å². The molecule has 0 radical (unpaired) electrons. The zero-order valence-corrected chi connectivity index (χ0v) is 11.7. The largest absolute Gasteiger partial charge is 0.382 e. The Bertz CT molecular complexity index is 513. The van der Waals surface area contributed by atoms with Gasteiger partial charge < -0.3 is 11.1 Å². The Balaban J connectivity index is 1.99. The summed E-state index contributed by atoms with van der Waals surface area (Å²) in [6.07, 6.45) is 3.53. The van der Waals surface area contributed by atoms with Crippen LogP contribution in [0, 0.1) is 5.92 Å². The highest BCUT2D eigenvalue weighted by atomic mass is 32.2. The summed E-state index contributed by atoms with van der Waals surface area (Å²) in [6.45, 7) is 0.709. The third-order valence-corrected chi connectivity index (χ3v) is 4.37. The van der Waals surface area contributed by atoms with Crippen LogP contribution in [-0.2, 0) is 15.8 Å². The Morgan fingerprint density at radius 2 is 1.89 bits per heavy atom. The van der Waals surface area contributed by atoms with Gasteiger partial charge in [-0.3, -0.25) is 0 Å². The van der Waals surface area contributed by atoms with Gasteiger partial charge >= 0.3 is 0 Å². The van der Waals surface area contributed by atoms with E-state index in [1.54, 1.807) is 12.1 Å². The summed E-state index contributed by atoms with van der Waals surface area (Å²) in [6, 6.07) is 7.80. The number of hydrogen-bond acceptors (Lipinski definition) is 4. The number of hydrogen-bond donors (Lipinski definition) is 3. The molecule has 0 spiro atoms. The molecule has 0 amide bonds. The summed E-state index contributed by atoms with van der Waals surface area (Å²) in [5, 5.41) is 8.49. The van der Waals surface area contributed by atoms with Gasteiger partial charge in [0.25, 0.3) is 0 Å². The highest BCUT2D eigenvalue weighted by Crippen LogP contribution is 2.27. The number of benzene rings is 1. The summed E-state index contributed by atoms with van der Waals surface area (Å²) in [5.41, 5.74) is 7.46. The van der Waals surface area contributed by atoms with Gasteiger partial charge in [0.15, 0.2) is 0 Å². The predicted molar refractivity (Wildman–Crippen MR) is 77.1 cm³/mol. The third-order valence-electron chi connectivity index (χ3n) is 3.64. The molecule has 1 aromatic carbocycles. The van der Waals surface area contributed by atoms with Crippen LogP contribution >= 0.6 is 0 Å². The molecule has 2 atom stereocenters. The van der Waals surface area contributed by atoms with Crippen LogP contribution in [-0.4, -0.2) is 21.0 Å². The molecule has 0 heterocycles. The molecular formula is C13H21N3O2S. The van der Waals surface area contributed by atoms with E-state index in [9.17, 15) is 8.42 Å². The van der Waals surface area contributed by atoms with Crippen molar-refractivity contribution in [1.82, 2.24) is 0 Å². The van der Waals surface area contributed by atoms with Crippen molar-refractivity contribution in [3.8, 4) is 0 Å². The monoisotopic (exact) mass is 283 g/mol. The van der Waals surface area contributed by atoms with Gasteiger partial charge in [-0.25, -0.2) is 13.6 Å². The Morgan fingerprint density at radius 3 is 2.47 bits per heavy atom. The molecule has 106 valence electrons. The maximum atomic E-state index is 11.0. The molecule has 6 heteroatoms. The lowest BCUT2D eigenvalue weighted by Crippen LogP contribution is -2.29. The average Bonchev–Trinajstić information content (AvgIpc) is 2.77. The fourth-order valence-corrected chi connectivity index (χ4v) is 3.31. The molecule has 1 aliphatic carbocycles. The van der Waals surface area contributed by atoms with Crippen LogP contribution in [0.3, 0.4) is 0 Å². The van der Waals surface area contributed by atoms with Gasteiger partial charge in [0, 0.05) is 11.7 Å². The maximum absolute atomic E-state index is 11.0. The lowest BCUT2D eigenvalue weighted by atomic mass is 10.0. The smallest absolute Gasteiger partial charge is 0.213 e. The highest BCUT2D eigenvalue weighted by molar-refractivity contribution is 7.88. The van der Waals surface area contributed by atoms with Crippen molar-refractivity contribution in [2.45, 2.75) is 31.1 Å². The van der Waals surface area contributed by atoms with Gasteiger partial charge in [0.1, 0.15) is 0 Å². The summed E-state index contributed by atoms with van der Waals surface area (Å²) in [4.78, 5) is 0. The quantitative estimate of drug-likeness (QED) is 0.751. The molecule has 5 nitrogen and oxygen atoms in total. The minimum atomic E-state index is -3.46. The first-order chi connectivity index (χ1) is 8.98. The SMILES string of the molecule is NCC1CCCC1Nc1ccc(CS(N)(=O)=O)cc1. The maximum Gasteiger partial charge on any atom is 0.213 e. The second-order valence-corrected chi connectivity index (χ2v) is 6.80. The number of sulfonamides is 1. The van der Waals surface area contributed by atoms with E-state index in [1.165, 1.54) is 12.8 Å². The molecular weight excluding hydrogens is 262 g/mol. The Hall–Kier alpha value is -1.11. The lowest BCUT2D eigenvalue weighted by molar-refractivity contribution is 0.516. The minimum absolute atomic E-state index is 0.123. The summed E-state index contributed by atoms with van der Waals surface area (Å²) < 4.78 is 22.0. The van der Waals surface area contributed by atoms with Gasteiger partial charge in [-0.15, -0.1) is 0 Å². The first-order valence-corrected chi connectivity index (χ1v) is 8.25. The van der Waals surface area contributed by atoms with Crippen molar-refractivity contribution in [2.24, 2.45) is 16.8 Å². The summed E-state index contributed by atoms with van der Waals surface area (Å²) in [7, 11) is -3.46. The minimum Gasteiger partial charge on any atom is -0.382 e. The molecule has 1 fully saturated rings. The second-order valence-electron chi connectivity index (χ2n) is 5.18. The molecule has 19 heavy (non-hydrogen) atoms. The van der Waals surface area contributed by atoms with Crippen LogP contribution < -0.4 is 16.2 Å². The third kappa shape index (κ3) is 4.19. The van der Waals surface area contributed by atoms with Crippen LogP contribution in [0.2, 0.25) is 0 Å². The first kappa shape index (κ1) is 14.3. The number of nitrogens with two attached hydrogens (primary N) is 2. The van der Waals surface area contributed by atoms with Crippen molar-refractivity contribution in [1.29, 1.82) is 0 Å². The van der Waals surface area contributed by atoms with E-state index in [-0.39, 0.29) is 5.75 Å². The lowest BCUT2D eigenvalue weighted by Gasteiger charge is -2.20. The normalized spacial score (nSPS) is 23.5. The molecule has 1 aromatic rings. The zero-order valence-electron chi connectivity index (χ0n) is 10.9. The Labute approximate surface area is 114 Å². The van der Waals surface area contributed by atoms with E-state index >= 15 is 0 Å². The van der Waals surface area contributed by atoms with Crippen molar-refractivity contribution in [3.05, 3.63) is 29.8 Å². The van der Waals surface area contributed by atoms with Crippen LogP contribution in [0.1, 0.15) is 24.8 Å². The Kier molecular flexibility index (Phi) is 4.44. The van der Waals surface area contributed by atoms with Gasteiger partial charge in [0.05, 0.1) is 5.75 Å². The zero-order chi connectivity index (χ0) is 13.9. The molecule has 0 aromatic heterocycles. The predicted octanol–water partition coefficient (Wildman–Crippen LogP) is 1.01. The molecule has 0 aliphatic heterocycles. The number of primary sulfonamides is 1. The van der Waals surface area contributed by atoms with E-state index < -0.39 is 10.0 Å². The van der Waals surface area contributed by atoms with E-state index in [1.807, 2.05) is 12.1 Å². The van der Waals surface area contributed by atoms with E-state index in [0.717, 1.165) is 12.1 Å². The fraction of sp³-hybridized carbons (Fsp3) is 0.538. The van der Waals surface area contributed by atoms with Crippen molar-refractivity contribution in [3.63, 3.8) is 0 Å². The van der Waals surface area contributed by atoms with E-state index in [4.69, 9.17) is 10.9 Å². The molecule has 1 saturated carbocycles. The number of nitrogens with one attached hydrogen (secondary N) is 1. The second kappa shape index (κ2) is 5.90. The molecule has 0 bridgehead atoms. The highest BCUT2D eigenvalue weighted by Gasteiger charge is 2.25. The molecule has 5 N–H and O–H groups in total. The molecule has 2 unspecified atom stereocenters. The topological polar surface area (TPSA) is 98.2 Å². The molecule has 2 rings (SSSR count). The van der Waals surface area contributed by atoms with Crippen LogP contribution in [0.25, 0.3) is 0 Å². The van der Waals surface area contributed by atoms with Crippen LogP contribution in [0.15, 0.2) is 24.3 Å². The van der Waals surface area contributed by atoms with Crippen LogP contribution in [0.5, 0.6) is 0 Å². The summed E-state index contributed by atoms with van der Waals surface area (Å²) >= 11 is 0. The van der Waals surface area contributed by atoms with E-state index in [0.29, 0.717) is 24.1 Å². The molecule has 0 saturated heterocycles. The number of rotatable bonds is 5. The van der Waals surface area contributed by atoms with Gasteiger partial charge in [-0.1, -0.05) is 18.6 Å². The van der Waals surface area contributed by atoms with Crippen LogP contribution in [0.4, 0.5) is 5.69 Å². The summed E-state index contributed by atoms with van der Waals surface area (Å²) in [5.74, 6) is 0.409. The number of anilines is 1. The fourth-order valence-electron chi connectivity index (χ4n) is 2.65. The van der Waals surface area contributed by atoms with E-state index in [2.05, 4.69) is 5.32 Å². The van der Waals surface area contributed by atoms with Gasteiger partial charge in [-0.2, -0.15) is 0 Å². The Morgan fingerprint density at radius 1 is 1.21 bits per heavy atom. The van der Waals surface area contributed by atoms with Crippen molar-refractivity contribution in [2.75, 3.05) is 11.9 Å². The van der Waals surface area contributed by atoms with Gasteiger partial charge in [0.2, 0.25) is 10.0 Å². The molecule has 1 aliphatic rings. The average molecular weight is 283 g/mol. The first-order valence-electron chi connectivity index (χ1n) is 6.54. The van der Waals surface area contributed by atoms with Crippen molar-refractivity contribution >= 4 is 15.7 Å².